The summed E-state index contributed by atoms with van der Waals surface area (Å²) >= 11 is 1.68. The first kappa shape index (κ1) is 16.1. The highest BCUT2D eigenvalue weighted by molar-refractivity contribution is 8.01. The van der Waals surface area contributed by atoms with Crippen molar-refractivity contribution in [3.63, 3.8) is 0 Å². The Bertz CT molecular complexity index is 413. The van der Waals surface area contributed by atoms with Gasteiger partial charge >= 0.3 is 0 Å². The fourth-order valence-electron chi connectivity index (χ4n) is 1.86. The largest absolute Gasteiger partial charge is 0.325 e. The Morgan fingerprint density at radius 2 is 1.68 bits per heavy atom. The number of carbonyl (C=O) groups is 1. The number of anilines is 1. The van der Waals surface area contributed by atoms with Crippen molar-refractivity contribution in [2.75, 3.05) is 11.1 Å². The second-order valence-corrected chi connectivity index (χ2v) is 7.41. The molecule has 0 saturated heterocycles. The molecule has 0 spiro atoms. The zero-order chi connectivity index (χ0) is 14.5. The molecule has 0 aromatic heterocycles. The van der Waals surface area contributed by atoms with Crippen molar-refractivity contribution >= 4 is 23.4 Å². The molecule has 0 atom stereocenters. The summed E-state index contributed by atoms with van der Waals surface area (Å²) in [5.74, 6) is 0.598. The molecular formula is C16H25NOS. The lowest BCUT2D eigenvalue weighted by Crippen LogP contribution is -2.20. The average Bonchev–Trinajstić information content (AvgIpc) is 2.35. The molecule has 0 aliphatic heterocycles. The van der Waals surface area contributed by atoms with E-state index >= 15 is 0 Å². The van der Waals surface area contributed by atoms with Crippen molar-refractivity contribution in [2.45, 2.75) is 52.2 Å². The van der Waals surface area contributed by atoms with Gasteiger partial charge in [0.1, 0.15) is 0 Å². The Hall–Kier alpha value is -0.960. The number of hydrogen-bond acceptors (Lipinski definition) is 2. The summed E-state index contributed by atoms with van der Waals surface area (Å²) in [7, 11) is 0. The summed E-state index contributed by atoms with van der Waals surface area (Å²) in [4.78, 5) is 12.1. The van der Waals surface area contributed by atoms with E-state index in [-0.39, 0.29) is 10.7 Å². The third-order valence-electron chi connectivity index (χ3n) is 2.90. The maximum absolute atomic E-state index is 12.1. The summed E-state index contributed by atoms with van der Waals surface area (Å²) in [5, 5.41) is 3.09. The van der Waals surface area contributed by atoms with Crippen LogP contribution in [0.4, 0.5) is 5.69 Å². The summed E-state index contributed by atoms with van der Waals surface area (Å²) < 4.78 is 0.120. The molecule has 19 heavy (non-hydrogen) atoms. The van der Waals surface area contributed by atoms with E-state index < -0.39 is 0 Å². The third kappa shape index (κ3) is 5.27. The first-order valence-corrected chi connectivity index (χ1v) is 7.90. The molecule has 0 aliphatic rings. The number of nitrogens with one attached hydrogen (secondary N) is 1. The Kier molecular flexibility index (Phi) is 5.92. The Balaban J connectivity index is 2.78. The topological polar surface area (TPSA) is 29.1 Å². The molecule has 1 aromatic carbocycles. The number of para-hydroxylation sites is 1. The summed E-state index contributed by atoms with van der Waals surface area (Å²) in [6.07, 6.45) is 1.88. The summed E-state index contributed by atoms with van der Waals surface area (Å²) in [6.45, 7) is 10.6. The van der Waals surface area contributed by atoms with Crippen LogP contribution < -0.4 is 5.32 Å². The van der Waals surface area contributed by atoms with Gasteiger partial charge in [-0.15, -0.1) is 11.8 Å². The lowest BCUT2D eigenvalue weighted by molar-refractivity contribution is -0.113. The van der Waals surface area contributed by atoms with Crippen molar-refractivity contribution in [3.05, 3.63) is 29.3 Å². The van der Waals surface area contributed by atoms with Crippen LogP contribution in [0.5, 0.6) is 0 Å². The van der Waals surface area contributed by atoms with Crippen LogP contribution in [0.1, 0.15) is 45.7 Å². The van der Waals surface area contributed by atoms with E-state index in [2.05, 4.69) is 58.1 Å². The van der Waals surface area contributed by atoms with E-state index in [0.29, 0.717) is 5.75 Å². The molecule has 0 aliphatic carbocycles. The number of carbonyl (C=O) groups excluding carboxylic acids is 1. The predicted octanol–water partition coefficient (Wildman–Crippen LogP) is 4.28. The fourth-order valence-corrected chi connectivity index (χ4v) is 2.50. The summed E-state index contributed by atoms with van der Waals surface area (Å²) in [6, 6.07) is 6.24. The molecule has 0 heterocycles. The van der Waals surface area contributed by atoms with Gasteiger partial charge < -0.3 is 5.32 Å². The number of amides is 1. The van der Waals surface area contributed by atoms with Crippen molar-refractivity contribution in [1.29, 1.82) is 0 Å². The van der Waals surface area contributed by atoms with Crippen LogP contribution in [0.15, 0.2) is 18.2 Å². The maximum Gasteiger partial charge on any atom is 0.234 e. The normalized spacial score (nSPS) is 11.4. The Labute approximate surface area is 121 Å². The quantitative estimate of drug-likeness (QED) is 0.871. The molecule has 0 unspecified atom stereocenters. The molecule has 0 radical (unpaired) electrons. The molecule has 1 N–H and O–H groups in total. The molecule has 2 nitrogen and oxygen atoms in total. The predicted molar refractivity (Wildman–Crippen MR) is 86.0 cm³/mol. The minimum absolute atomic E-state index is 0.0931. The molecule has 106 valence electrons. The van der Waals surface area contributed by atoms with Crippen LogP contribution in [0.25, 0.3) is 0 Å². The maximum atomic E-state index is 12.1. The molecule has 0 fully saturated rings. The van der Waals surface area contributed by atoms with E-state index in [1.165, 1.54) is 11.1 Å². The van der Waals surface area contributed by atoms with Crippen molar-refractivity contribution in [2.24, 2.45) is 0 Å². The molecule has 3 heteroatoms. The fraction of sp³-hybridized carbons (Fsp3) is 0.562. The standard InChI is InChI=1S/C16H25NOS/c1-6-12-9-8-10-13(7-2)15(12)17-14(18)11-19-16(3,4)5/h8-10H,6-7,11H2,1-5H3,(H,17,18). The monoisotopic (exact) mass is 279 g/mol. The van der Waals surface area contributed by atoms with Crippen molar-refractivity contribution in [1.82, 2.24) is 0 Å². The summed E-state index contributed by atoms with van der Waals surface area (Å²) in [5.41, 5.74) is 3.45. The molecule has 0 saturated carbocycles. The second kappa shape index (κ2) is 6.99. The Morgan fingerprint density at radius 3 is 2.11 bits per heavy atom. The van der Waals surface area contributed by atoms with Gasteiger partial charge in [0, 0.05) is 10.4 Å². The number of thioether (sulfide) groups is 1. The van der Waals surface area contributed by atoms with Gasteiger partial charge in [-0.25, -0.2) is 0 Å². The molecule has 1 aromatic rings. The van der Waals surface area contributed by atoms with Gasteiger partial charge in [-0.05, 0) is 24.0 Å². The van der Waals surface area contributed by atoms with Gasteiger partial charge in [0.2, 0.25) is 5.91 Å². The van der Waals surface area contributed by atoms with Crippen LogP contribution >= 0.6 is 11.8 Å². The number of rotatable bonds is 5. The molecule has 1 rings (SSSR count). The van der Waals surface area contributed by atoms with E-state index in [9.17, 15) is 4.79 Å². The van der Waals surface area contributed by atoms with Crippen LogP contribution in [0, 0.1) is 0 Å². The molecule has 1 amide bonds. The number of hydrogen-bond donors (Lipinski definition) is 1. The lowest BCUT2D eigenvalue weighted by Gasteiger charge is -2.18. The lowest BCUT2D eigenvalue weighted by atomic mass is 10.0. The van der Waals surface area contributed by atoms with Gasteiger partial charge in [-0.1, -0.05) is 52.8 Å². The first-order valence-electron chi connectivity index (χ1n) is 6.92. The van der Waals surface area contributed by atoms with Crippen LogP contribution in [0.3, 0.4) is 0 Å². The third-order valence-corrected chi connectivity index (χ3v) is 4.17. The minimum Gasteiger partial charge on any atom is -0.325 e. The van der Waals surface area contributed by atoms with Crippen molar-refractivity contribution in [3.8, 4) is 0 Å². The number of benzene rings is 1. The minimum atomic E-state index is 0.0931. The van der Waals surface area contributed by atoms with Gasteiger partial charge in [0.05, 0.1) is 5.75 Å². The second-order valence-electron chi connectivity index (χ2n) is 5.61. The van der Waals surface area contributed by atoms with Crippen LogP contribution in [-0.4, -0.2) is 16.4 Å². The highest BCUT2D eigenvalue weighted by Gasteiger charge is 2.15. The van der Waals surface area contributed by atoms with Gasteiger partial charge in [0.15, 0.2) is 0 Å². The van der Waals surface area contributed by atoms with Crippen LogP contribution in [0.2, 0.25) is 0 Å². The molecular weight excluding hydrogens is 254 g/mol. The van der Waals surface area contributed by atoms with Crippen molar-refractivity contribution < 1.29 is 4.79 Å². The smallest absolute Gasteiger partial charge is 0.234 e. The molecule has 0 bridgehead atoms. The average molecular weight is 279 g/mol. The number of aryl methyl sites for hydroxylation is 2. The van der Waals surface area contributed by atoms with E-state index in [1.54, 1.807) is 11.8 Å². The van der Waals surface area contributed by atoms with E-state index in [4.69, 9.17) is 0 Å². The van der Waals surface area contributed by atoms with E-state index in [0.717, 1.165) is 18.5 Å². The first-order chi connectivity index (χ1) is 8.87. The van der Waals surface area contributed by atoms with E-state index in [1.807, 2.05) is 0 Å². The highest BCUT2D eigenvalue weighted by atomic mass is 32.2. The van der Waals surface area contributed by atoms with Gasteiger partial charge in [-0.3, -0.25) is 4.79 Å². The highest BCUT2D eigenvalue weighted by Crippen LogP contribution is 2.25. The van der Waals surface area contributed by atoms with Gasteiger partial charge in [-0.2, -0.15) is 0 Å². The Morgan fingerprint density at radius 1 is 1.16 bits per heavy atom. The zero-order valence-corrected chi connectivity index (χ0v) is 13.5. The van der Waals surface area contributed by atoms with Crippen LogP contribution in [-0.2, 0) is 17.6 Å². The zero-order valence-electron chi connectivity index (χ0n) is 12.7. The SMILES string of the molecule is CCc1cccc(CC)c1NC(=O)CSC(C)(C)C. The van der Waals surface area contributed by atoms with Gasteiger partial charge in [0.25, 0.3) is 0 Å².